The van der Waals surface area contributed by atoms with Crippen molar-refractivity contribution in [3.8, 4) is 0 Å². The van der Waals surface area contributed by atoms with Gasteiger partial charge in [-0.05, 0) is 61.6 Å². The molecule has 1 N–H and O–H groups in total. The molecule has 0 bridgehead atoms. The van der Waals surface area contributed by atoms with E-state index < -0.39 is 10.0 Å². The minimum Gasteiger partial charge on any atom is -0.368 e. The fraction of sp³-hybridized carbons (Fsp3) is 0.462. The van der Waals surface area contributed by atoms with Crippen LogP contribution >= 0.6 is 0 Å². The van der Waals surface area contributed by atoms with Crippen molar-refractivity contribution in [3.05, 3.63) is 54.1 Å². The number of aryl methyl sites for hydroxylation is 1. The highest BCUT2D eigenvalue weighted by Gasteiger charge is 2.35. The number of nitrogens with zero attached hydrogens (tertiary/aromatic N) is 3. The number of benzene rings is 2. The van der Waals surface area contributed by atoms with Gasteiger partial charge in [0.2, 0.25) is 21.8 Å². The monoisotopic (exact) mass is 496 g/mol. The molecule has 2 aromatic rings. The van der Waals surface area contributed by atoms with E-state index in [1.54, 1.807) is 18.2 Å². The van der Waals surface area contributed by atoms with Crippen LogP contribution in [-0.2, 0) is 26.0 Å². The van der Waals surface area contributed by atoms with Crippen LogP contribution in [0.4, 0.5) is 11.4 Å². The summed E-state index contributed by atoms with van der Waals surface area (Å²) in [7, 11) is -3.64. The molecule has 8 nitrogen and oxygen atoms in total. The summed E-state index contributed by atoms with van der Waals surface area (Å²) in [4.78, 5) is 29.4. The number of sulfonamides is 1. The van der Waals surface area contributed by atoms with Gasteiger partial charge < -0.3 is 15.1 Å². The number of amides is 2. The lowest BCUT2D eigenvalue weighted by Crippen LogP contribution is -2.52. The van der Waals surface area contributed by atoms with Gasteiger partial charge in [0, 0.05) is 63.0 Å². The highest BCUT2D eigenvalue weighted by Crippen LogP contribution is 2.29. The lowest BCUT2D eigenvalue weighted by molar-refractivity contribution is -0.137. The quantitative estimate of drug-likeness (QED) is 0.703. The summed E-state index contributed by atoms with van der Waals surface area (Å²) in [6.07, 6.45) is 2.90. The minimum absolute atomic E-state index is 0.0347. The molecule has 0 radical (unpaired) electrons. The summed E-state index contributed by atoms with van der Waals surface area (Å²) in [5.74, 6) is -0.0184. The number of hydrogen-bond donors (Lipinski definition) is 1. The SMILES string of the molecule is O=C1CCCc2cc(S(=O)(=O)N3CCC(C(=O)N4CCN(c5ccccc5)CC4)CC3)ccc2N1. The maximum absolute atomic E-state index is 13.3. The molecule has 186 valence electrons. The second-order valence-electron chi connectivity index (χ2n) is 9.55. The van der Waals surface area contributed by atoms with Crippen LogP contribution < -0.4 is 10.2 Å². The average molecular weight is 497 g/mol. The predicted molar refractivity (Wildman–Crippen MR) is 135 cm³/mol. The van der Waals surface area contributed by atoms with Crippen LogP contribution in [0.25, 0.3) is 0 Å². The summed E-state index contributed by atoms with van der Waals surface area (Å²) in [5.41, 5.74) is 2.73. The first-order valence-electron chi connectivity index (χ1n) is 12.4. The zero-order chi connectivity index (χ0) is 24.4. The number of para-hydroxylation sites is 1. The molecule has 0 aliphatic carbocycles. The van der Waals surface area contributed by atoms with Crippen molar-refractivity contribution in [1.29, 1.82) is 0 Å². The highest BCUT2D eigenvalue weighted by molar-refractivity contribution is 7.89. The number of carbonyl (C=O) groups is 2. The van der Waals surface area contributed by atoms with Crippen LogP contribution in [0.2, 0.25) is 0 Å². The molecule has 2 fully saturated rings. The third-order valence-corrected chi connectivity index (χ3v) is 9.25. The van der Waals surface area contributed by atoms with Gasteiger partial charge in [-0.15, -0.1) is 0 Å². The number of anilines is 2. The molecule has 2 amide bonds. The molecule has 0 unspecified atom stereocenters. The smallest absolute Gasteiger partial charge is 0.243 e. The van der Waals surface area contributed by atoms with Crippen LogP contribution in [0.5, 0.6) is 0 Å². The molecule has 9 heteroatoms. The van der Waals surface area contributed by atoms with Crippen molar-refractivity contribution in [1.82, 2.24) is 9.21 Å². The first-order chi connectivity index (χ1) is 16.9. The third kappa shape index (κ3) is 5.06. The molecule has 0 atom stereocenters. The average Bonchev–Trinajstić information content (AvgIpc) is 3.09. The van der Waals surface area contributed by atoms with E-state index in [2.05, 4.69) is 22.3 Å². The molecule has 5 rings (SSSR count). The second-order valence-corrected chi connectivity index (χ2v) is 11.5. The Labute approximate surface area is 206 Å². The molecule has 0 spiro atoms. The molecular weight excluding hydrogens is 464 g/mol. The fourth-order valence-corrected chi connectivity index (χ4v) is 6.81. The second kappa shape index (κ2) is 9.99. The van der Waals surface area contributed by atoms with Crippen LogP contribution in [-0.4, -0.2) is 68.7 Å². The number of fused-ring (bicyclic) bond motifs is 1. The lowest BCUT2D eigenvalue weighted by Gasteiger charge is -2.39. The third-order valence-electron chi connectivity index (χ3n) is 7.35. The molecule has 3 heterocycles. The maximum atomic E-state index is 13.3. The number of piperazine rings is 1. The van der Waals surface area contributed by atoms with Crippen molar-refractivity contribution < 1.29 is 18.0 Å². The molecule has 3 aliphatic heterocycles. The minimum atomic E-state index is -3.64. The van der Waals surface area contributed by atoms with Gasteiger partial charge in [0.05, 0.1) is 4.90 Å². The van der Waals surface area contributed by atoms with E-state index in [9.17, 15) is 18.0 Å². The summed E-state index contributed by atoms with van der Waals surface area (Å²) in [6, 6.07) is 15.2. The number of nitrogens with one attached hydrogen (secondary N) is 1. The van der Waals surface area contributed by atoms with E-state index in [4.69, 9.17) is 0 Å². The fourth-order valence-electron chi connectivity index (χ4n) is 5.29. The van der Waals surface area contributed by atoms with Crippen molar-refractivity contribution in [2.45, 2.75) is 37.0 Å². The number of rotatable bonds is 4. The molecule has 3 aliphatic rings. The topological polar surface area (TPSA) is 90.0 Å². The predicted octanol–water partition coefficient (Wildman–Crippen LogP) is 2.71. The van der Waals surface area contributed by atoms with E-state index in [1.807, 2.05) is 23.1 Å². The molecule has 35 heavy (non-hydrogen) atoms. The van der Waals surface area contributed by atoms with Gasteiger partial charge in [-0.3, -0.25) is 9.59 Å². The van der Waals surface area contributed by atoms with Gasteiger partial charge in [0.25, 0.3) is 0 Å². The molecule has 0 aromatic heterocycles. The largest absolute Gasteiger partial charge is 0.368 e. The normalized spacial score (nSPS) is 20.2. The standard InChI is InChI=1S/C26H32N4O4S/c31-25-8-4-5-21-19-23(9-10-24(21)27-25)35(33,34)30-13-11-20(12-14-30)26(32)29-17-15-28(16-18-29)22-6-2-1-3-7-22/h1-3,6-7,9-10,19-20H,4-5,8,11-18H2,(H,27,31). The zero-order valence-electron chi connectivity index (χ0n) is 19.9. The van der Waals surface area contributed by atoms with Crippen molar-refractivity contribution in [2.75, 3.05) is 49.5 Å². The van der Waals surface area contributed by atoms with Gasteiger partial charge in [-0.25, -0.2) is 8.42 Å². The highest BCUT2D eigenvalue weighted by atomic mass is 32.2. The Morgan fingerprint density at radius 2 is 1.60 bits per heavy atom. The van der Waals surface area contributed by atoms with Crippen molar-refractivity contribution in [3.63, 3.8) is 0 Å². The zero-order valence-corrected chi connectivity index (χ0v) is 20.7. The molecule has 2 aromatic carbocycles. The first-order valence-corrected chi connectivity index (χ1v) is 13.9. The Kier molecular flexibility index (Phi) is 6.80. The van der Waals surface area contributed by atoms with Crippen molar-refractivity contribution in [2.24, 2.45) is 5.92 Å². The van der Waals surface area contributed by atoms with Crippen LogP contribution in [0.3, 0.4) is 0 Å². The van der Waals surface area contributed by atoms with E-state index in [-0.39, 0.29) is 22.6 Å². The van der Waals surface area contributed by atoms with Gasteiger partial charge in [0.1, 0.15) is 0 Å². The lowest BCUT2D eigenvalue weighted by atomic mass is 9.96. The van der Waals surface area contributed by atoms with E-state index in [0.717, 1.165) is 18.7 Å². The Hall–Kier alpha value is -2.91. The van der Waals surface area contributed by atoms with Gasteiger partial charge in [-0.1, -0.05) is 18.2 Å². The van der Waals surface area contributed by atoms with E-state index in [1.165, 1.54) is 9.99 Å². The summed E-state index contributed by atoms with van der Waals surface area (Å²) < 4.78 is 28.1. The van der Waals surface area contributed by atoms with Gasteiger partial charge in [0.15, 0.2) is 0 Å². The van der Waals surface area contributed by atoms with Crippen LogP contribution in [0.1, 0.15) is 31.2 Å². The summed E-state index contributed by atoms with van der Waals surface area (Å²) >= 11 is 0. The van der Waals surface area contributed by atoms with Crippen molar-refractivity contribution >= 4 is 33.2 Å². The van der Waals surface area contributed by atoms with Gasteiger partial charge >= 0.3 is 0 Å². The Bertz CT molecular complexity index is 1190. The maximum Gasteiger partial charge on any atom is 0.243 e. The van der Waals surface area contributed by atoms with E-state index in [0.29, 0.717) is 64.0 Å². The Balaban J connectivity index is 1.18. The Morgan fingerprint density at radius 3 is 2.31 bits per heavy atom. The summed E-state index contributed by atoms with van der Waals surface area (Å²) in [6.45, 7) is 3.69. The van der Waals surface area contributed by atoms with Gasteiger partial charge in [-0.2, -0.15) is 4.31 Å². The van der Waals surface area contributed by atoms with Crippen LogP contribution in [0.15, 0.2) is 53.4 Å². The molecule has 0 saturated carbocycles. The number of piperidine rings is 1. The van der Waals surface area contributed by atoms with Crippen LogP contribution in [0, 0.1) is 5.92 Å². The molecule has 2 saturated heterocycles. The number of hydrogen-bond acceptors (Lipinski definition) is 5. The van der Waals surface area contributed by atoms with E-state index >= 15 is 0 Å². The molecular formula is C26H32N4O4S. The first kappa shape index (κ1) is 23.8. The summed E-state index contributed by atoms with van der Waals surface area (Å²) in [5, 5.41) is 2.85. The number of carbonyl (C=O) groups excluding carboxylic acids is 2. The Morgan fingerprint density at radius 1 is 0.886 bits per heavy atom.